The molecule has 2 fully saturated rings. The third-order valence-electron chi connectivity index (χ3n) is 5.75. The van der Waals surface area contributed by atoms with Crippen LogP contribution in [0.4, 0.5) is 10.9 Å². The highest BCUT2D eigenvalue weighted by Gasteiger charge is 2.25. The van der Waals surface area contributed by atoms with Crippen molar-refractivity contribution in [2.24, 2.45) is 0 Å². The number of rotatable bonds is 5. The normalized spacial score (nSPS) is 20.4. The number of carbonyl (C=O) groups excluding carboxylic acids is 1. The predicted octanol–water partition coefficient (Wildman–Crippen LogP) is 2.29. The molecule has 0 bridgehead atoms. The first-order valence-electron chi connectivity index (χ1n) is 10.7. The van der Waals surface area contributed by atoms with Crippen molar-refractivity contribution < 1.29 is 9.90 Å². The summed E-state index contributed by atoms with van der Waals surface area (Å²) in [5.74, 6) is 1.54. The van der Waals surface area contributed by atoms with Crippen molar-refractivity contribution >= 4 is 28.2 Å². The van der Waals surface area contributed by atoms with Crippen molar-refractivity contribution in [3.63, 3.8) is 0 Å². The first kappa shape index (κ1) is 21.6. The van der Waals surface area contributed by atoms with Gasteiger partial charge in [0.15, 0.2) is 5.13 Å². The number of carbonyl (C=O) groups is 1. The lowest BCUT2D eigenvalue weighted by Gasteiger charge is -2.30. The van der Waals surface area contributed by atoms with Crippen LogP contribution < -0.4 is 5.32 Å². The number of aliphatic hydroxyl groups is 1. The van der Waals surface area contributed by atoms with E-state index in [-0.39, 0.29) is 17.9 Å². The third-order valence-corrected chi connectivity index (χ3v) is 6.50. The fourth-order valence-corrected chi connectivity index (χ4v) is 4.81. The zero-order valence-corrected chi connectivity index (χ0v) is 18.4. The first-order valence-corrected chi connectivity index (χ1v) is 11.5. The summed E-state index contributed by atoms with van der Waals surface area (Å²) in [7, 11) is 0. The highest BCUT2D eigenvalue weighted by atomic mass is 32.1. The van der Waals surface area contributed by atoms with Gasteiger partial charge in [0.05, 0.1) is 18.7 Å². The van der Waals surface area contributed by atoms with Gasteiger partial charge in [-0.1, -0.05) is 0 Å². The lowest BCUT2D eigenvalue weighted by atomic mass is 9.97. The molecule has 2 saturated heterocycles. The van der Waals surface area contributed by atoms with Crippen molar-refractivity contribution in [2.75, 3.05) is 38.0 Å². The molecule has 0 aromatic carbocycles. The summed E-state index contributed by atoms with van der Waals surface area (Å²) in [5, 5.41) is 24.2. The Labute approximate surface area is 185 Å². The number of hydrogen-bond acceptors (Lipinski definition) is 9. The van der Waals surface area contributed by atoms with Gasteiger partial charge in [0.1, 0.15) is 17.3 Å². The summed E-state index contributed by atoms with van der Waals surface area (Å²) >= 11 is 1.37. The highest BCUT2D eigenvalue weighted by molar-refractivity contribution is 7.14. The Morgan fingerprint density at radius 1 is 1.29 bits per heavy atom. The number of nitrogens with zero attached hydrogens (tertiary/aromatic N) is 6. The minimum absolute atomic E-state index is 0.101. The molecule has 2 aliphatic heterocycles. The maximum Gasteiger partial charge on any atom is 0.273 e. The Morgan fingerprint density at radius 2 is 2.10 bits per heavy atom. The second-order valence-electron chi connectivity index (χ2n) is 8.17. The smallest absolute Gasteiger partial charge is 0.273 e. The summed E-state index contributed by atoms with van der Waals surface area (Å²) in [6, 6.07) is 4.09. The SMILES string of the molecule is Cc1cc(Nc2nc(C(=O)N3CCC(O)CC3)cs2)nc(C2CCCN(CC#N)C2)n1. The molecule has 10 heteroatoms. The molecule has 2 aromatic rings. The topological polar surface area (TPSA) is 118 Å². The summed E-state index contributed by atoms with van der Waals surface area (Å²) in [4.78, 5) is 30.4. The number of aryl methyl sites for hydroxylation is 1. The molecule has 2 aliphatic rings. The second-order valence-corrected chi connectivity index (χ2v) is 9.03. The van der Waals surface area contributed by atoms with E-state index in [9.17, 15) is 9.90 Å². The maximum atomic E-state index is 12.7. The van der Waals surface area contributed by atoms with Crippen LogP contribution in [-0.4, -0.2) is 74.6 Å². The largest absolute Gasteiger partial charge is 0.393 e. The Kier molecular flexibility index (Phi) is 6.75. The fraction of sp³-hybridized carbons (Fsp3) is 0.571. The number of piperidine rings is 2. The van der Waals surface area contributed by atoms with Crippen LogP contribution in [0.25, 0.3) is 0 Å². The van der Waals surface area contributed by atoms with Gasteiger partial charge in [-0.15, -0.1) is 11.3 Å². The molecule has 4 rings (SSSR count). The van der Waals surface area contributed by atoms with Crippen LogP contribution in [0, 0.1) is 18.3 Å². The van der Waals surface area contributed by atoms with Crippen LogP contribution in [0.5, 0.6) is 0 Å². The van der Waals surface area contributed by atoms with Crippen LogP contribution in [0.2, 0.25) is 0 Å². The first-order chi connectivity index (χ1) is 15.0. The quantitative estimate of drug-likeness (QED) is 0.679. The average Bonchev–Trinajstić information content (AvgIpc) is 3.22. The molecule has 0 radical (unpaired) electrons. The van der Waals surface area contributed by atoms with Crippen molar-refractivity contribution in [1.82, 2.24) is 24.8 Å². The molecule has 1 unspecified atom stereocenters. The van der Waals surface area contributed by atoms with E-state index in [1.165, 1.54) is 11.3 Å². The molecule has 2 aromatic heterocycles. The summed E-state index contributed by atoms with van der Waals surface area (Å²) in [5.41, 5.74) is 1.28. The predicted molar refractivity (Wildman–Crippen MR) is 117 cm³/mol. The molecule has 0 aliphatic carbocycles. The van der Waals surface area contributed by atoms with Crippen molar-refractivity contribution in [1.29, 1.82) is 5.26 Å². The minimum Gasteiger partial charge on any atom is -0.393 e. The molecule has 1 amide bonds. The number of nitrogens with one attached hydrogen (secondary N) is 1. The Balaban J connectivity index is 1.44. The molecular formula is C21H27N7O2S. The Bertz CT molecular complexity index is 965. The van der Waals surface area contributed by atoms with Gasteiger partial charge >= 0.3 is 0 Å². The molecule has 1 atom stereocenters. The zero-order valence-electron chi connectivity index (χ0n) is 17.6. The lowest BCUT2D eigenvalue weighted by Crippen LogP contribution is -2.40. The number of nitriles is 1. The van der Waals surface area contributed by atoms with Crippen LogP contribution >= 0.6 is 11.3 Å². The second kappa shape index (κ2) is 9.68. The van der Waals surface area contributed by atoms with Crippen LogP contribution in [0.15, 0.2) is 11.4 Å². The lowest BCUT2D eigenvalue weighted by molar-refractivity contribution is 0.0542. The van der Waals surface area contributed by atoms with Gasteiger partial charge in [0.2, 0.25) is 0 Å². The molecule has 4 heterocycles. The van der Waals surface area contributed by atoms with E-state index in [1.54, 1.807) is 10.3 Å². The molecular weight excluding hydrogens is 414 g/mol. The standard InChI is InChI=1S/C21H27N7O2S/c1-14-11-18(25-19(23-14)15-3-2-7-27(12-15)10-6-22)26-21-24-17(13-31-21)20(30)28-8-4-16(29)5-9-28/h11,13,15-16,29H,2-5,7-10,12H2,1H3,(H,23,24,25,26). The molecule has 164 valence electrons. The maximum absolute atomic E-state index is 12.7. The van der Waals surface area contributed by atoms with Gasteiger partial charge in [0, 0.05) is 42.7 Å². The highest BCUT2D eigenvalue weighted by Crippen LogP contribution is 2.27. The van der Waals surface area contributed by atoms with Crippen LogP contribution in [-0.2, 0) is 0 Å². The van der Waals surface area contributed by atoms with Gasteiger partial charge in [-0.2, -0.15) is 5.26 Å². The van der Waals surface area contributed by atoms with E-state index < -0.39 is 0 Å². The minimum atomic E-state index is -0.317. The van der Waals surface area contributed by atoms with Crippen molar-refractivity contribution in [3.05, 3.63) is 28.7 Å². The fourth-order valence-electron chi connectivity index (χ4n) is 4.12. The van der Waals surface area contributed by atoms with Crippen molar-refractivity contribution in [2.45, 2.75) is 44.6 Å². The Morgan fingerprint density at radius 3 is 2.87 bits per heavy atom. The van der Waals surface area contributed by atoms with E-state index in [0.717, 1.165) is 37.4 Å². The van der Waals surface area contributed by atoms with E-state index in [1.807, 2.05) is 13.0 Å². The molecule has 0 saturated carbocycles. The van der Waals surface area contributed by atoms with Gasteiger partial charge in [-0.25, -0.2) is 15.0 Å². The summed E-state index contributed by atoms with van der Waals surface area (Å²) in [6.07, 6.45) is 2.93. The van der Waals surface area contributed by atoms with E-state index in [0.29, 0.717) is 49.1 Å². The number of likely N-dealkylation sites (tertiary alicyclic amines) is 2. The van der Waals surface area contributed by atoms with Gasteiger partial charge < -0.3 is 15.3 Å². The van der Waals surface area contributed by atoms with E-state index in [4.69, 9.17) is 10.2 Å². The molecule has 31 heavy (non-hydrogen) atoms. The number of thiazole rings is 1. The molecule has 9 nitrogen and oxygen atoms in total. The number of amides is 1. The number of hydrogen-bond donors (Lipinski definition) is 2. The summed E-state index contributed by atoms with van der Waals surface area (Å²) < 4.78 is 0. The average molecular weight is 442 g/mol. The Hall–Kier alpha value is -2.61. The van der Waals surface area contributed by atoms with Crippen molar-refractivity contribution in [3.8, 4) is 6.07 Å². The number of aromatic nitrogens is 3. The van der Waals surface area contributed by atoms with Gasteiger partial charge in [-0.3, -0.25) is 9.69 Å². The molecule has 0 spiro atoms. The van der Waals surface area contributed by atoms with Gasteiger partial charge in [-0.05, 0) is 39.2 Å². The number of aliphatic hydroxyl groups excluding tert-OH is 1. The zero-order chi connectivity index (χ0) is 21.8. The third kappa shape index (κ3) is 5.36. The monoisotopic (exact) mass is 441 g/mol. The van der Waals surface area contributed by atoms with Crippen LogP contribution in [0.1, 0.15) is 53.6 Å². The van der Waals surface area contributed by atoms with E-state index >= 15 is 0 Å². The number of anilines is 2. The van der Waals surface area contributed by atoms with Crippen LogP contribution in [0.3, 0.4) is 0 Å². The summed E-state index contributed by atoms with van der Waals surface area (Å²) in [6.45, 7) is 5.20. The van der Waals surface area contributed by atoms with E-state index in [2.05, 4.69) is 26.3 Å². The van der Waals surface area contributed by atoms with Gasteiger partial charge in [0.25, 0.3) is 5.91 Å². The molecule has 2 N–H and O–H groups in total.